The largest absolute Gasteiger partial charge is 0.346 e. The lowest BCUT2D eigenvalue weighted by Crippen LogP contribution is -2.51. The Morgan fingerprint density at radius 2 is 1.61 bits per heavy atom. The van der Waals surface area contributed by atoms with Crippen LogP contribution in [0.5, 0.6) is 0 Å². The lowest BCUT2D eigenvalue weighted by molar-refractivity contribution is -0.384. The fourth-order valence-electron chi connectivity index (χ4n) is 2.86. The summed E-state index contributed by atoms with van der Waals surface area (Å²) in [5.74, 6) is 0. The molecule has 2 aromatic rings. The Hall–Kier alpha value is -2.56. The summed E-state index contributed by atoms with van der Waals surface area (Å²) < 4.78 is 27.0. The number of benzene rings is 2. The van der Waals surface area contributed by atoms with Gasteiger partial charge >= 0.3 is 0 Å². The number of nitro groups is 1. The predicted molar refractivity (Wildman–Crippen MR) is 111 cm³/mol. The Labute approximate surface area is 169 Å². The highest BCUT2D eigenvalue weighted by Crippen LogP contribution is 2.19. The highest BCUT2D eigenvalue weighted by molar-refractivity contribution is 7.89. The van der Waals surface area contributed by atoms with Crippen molar-refractivity contribution in [2.75, 3.05) is 31.5 Å². The zero-order chi connectivity index (χ0) is 20.3. The predicted octanol–water partition coefficient (Wildman–Crippen LogP) is 2.61. The second-order valence-corrected chi connectivity index (χ2v) is 8.76. The number of non-ortho nitro benzene ring substituents is 1. The molecule has 1 fully saturated rings. The molecule has 0 spiro atoms. The van der Waals surface area contributed by atoms with E-state index in [-0.39, 0.29) is 10.6 Å². The molecule has 2 aromatic carbocycles. The first-order valence-electron chi connectivity index (χ1n) is 8.64. The maximum atomic E-state index is 12.8. The summed E-state index contributed by atoms with van der Waals surface area (Å²) in [7, 11) is -3.52. The molecular formula is C18H20N4O4S2. The van der Waals surface area contributed by atoms with E-state index in [4.69, 9.17) is 12.2 Å². The first kappa shape index (κ1) is 20.2. The normalized spacial score (nSPS) is 15.2. The van der Waals surface area contributed by atoms with Crippen LogP contribution in [0.2, 0.25) is 0 Å². The van der Waals surface area contributed by atoms with Crippen LogP contribution in [-0.2, 0) is 10.0 Å². The first-order chi connectivity index (χ1) is 13.3. The molecule has 0 unspecified atom stereocenters. The van der Waals surface area contributed by atoms with Crippen molar-refractivity contribution in [1.82, 2.24) is 9.21 Å². The number of thiocarbonyl (C=S) groups is 1. The third-order valence-corrected chi connectivity index (χ3v) is 6.79. The van der Waals surface area contributed by atoms with Gasteiger partial charge in [-0.2, -0.15) is 4.31 Å². The minimum atomic E-state index is -3.52. The van der Waals surface area contributed by atoms with E-state index < -0.39 is 14.9 Å². The zero-order valence-electron chi connectivity index (χ0n) is 15.2. The van der Waals surface area contributed by atoms with Crippen LogP contribution in [0.1, 0.15) is 5.56 Å². The topological polar surface area (TPSA) is 95.8 Å². The van der Waals surface area contributed by atoms with E-state index in [0.717, 1.165) is 5.56 Å². The van der Waals surface area contributed by atoms with Crippen LogP contribution in [0.3, 0.4) is 0 Å². The zero-order valence-corrected chi connectivity index (χ0v) is 16.9. The van der Waals surface area contributed by atoms with Gasteiger partial charge in [-0.3, -0.25) is 10.1 Å². The number of nitrogens with zero attached hydrogens (tertiary/aromatic N) is 3. The number of aryl methyl sites for hydroxylation is 1. The summed E-state index contributed by atoms with van der Waals surface area (Å²) in [4.78, 5) is 12.4. The molecule has 1 saturated heterocycles. The molecule has 10 heteroatoms. The standard InChI is InChI=1S/C18H20N4O4S2/c1-14-2-8-17(9-3-14)28(25,26)21-12-10-20(11-13-21)18(27)19-15-4-6-16(7-5-15)22(23)24/h2-9H,10-13H2,1H3,(H,19,27). The van der Waals surface area contributed by atoms with Gasteiger partial charge in [-0.15, -0.1) is 0 Å². The maximum absolute atomic E-state index is 12.8. The molecule has 0 aromatic heterocycles. The summed E-state index contributed by atoms with van der Waals surface area (Å²) in [5, 5.41) is 14.2. The van der Waals surface area contributed by atoms with Crippen molar-refractivity contribution < 1.29 is 13.3 Å². The highest BCUT2D eigenvalue weighted by Gasteiger charge is 2.29. The van der Waals surface area contributed by atoms with E-state index in [1.807, 2.05) is 11.8 Å². The molecule has 0 saturated carbocycles. The number of nitro benzene ring substituents is 1. The van der Waals surface area contributed by atoms with Crippen LogP contribution in [0.4, 0.5) is 11.4 Å². The van der Waals surface area contributed by atoms with Crippen LogP contribution in [-0.4, -0.2) is 53.8 Å². The SMILES string of the molecule is Cc1ccc(S(=O)(=O)N2CCN(C(=S)Nc3ccc([N+](=O)[O-])cc3)CC2)cc1. The second kappa shape index (κ2) is 8.21. The maximum Gasteiger partial charge on any atom is 0.269 e. The van der Waals surface area contributed by atoms with E-state index in [9.17, 15) is 18.5 Å². The van der Waals surface area contributed by atoms with Crippen LogP contribution >= 0.6 is 12.2 Å². The molecule has 0 aliphatic carbocycles. The Morgan fingerprint density at radius 3 is 2.14 bits per heavy atom. The quantitative estimate of drug-likeness (QED) is 0.461. The Bertz CT molecular complexity index is 968. The summed E-state index contributed by atoms with van der Waals surface area (Å²) >= 11 is 5.39. The van der Waals surface area contributed by atoms with Gasteiger partial charge in [-0.05, 0) is 43.4 Å². The van der Waals surface area contributed by atoms with Gasteiger partial charge in [0.1, 0.15) is 0 Å². The van der Waals surface area contributed by atoms with Crippen molar-refractivity contribution in [3.8, 4) is 0 Å². The summed E-state index contributed by atoms with van der Waals surface area (Å²) in [6, 6.07) is 12.8. The molecule has 0 atom stereocenters. The lowest BCUT2D eigenvalue weighted by Gasteiger charge is -2.35. The van der Waals surface area contributed by atoms with E-state index in [0.29, 0.717) is 37.0 Å². The van der Waals surface area contributed by atoms with Crippen molar-refractivity contribution in [3.05, 3.63) is 64.2 Å². The molecule has 1 aliphatic heterocycles. The Kier molecular flexibility index (Phi) is 5.92. The first-order valence-corrected chi connectivity index (χ1v) is 10.5. The summed E-state index contributed by atoms with van der Waals surface area (Å²) in [5.41, 5.74) is 1.66. The van der Waals surface area contributed by atoms with E-state index >= 15 is 0 Å². The number of sulfonamides is 1. The van der Waals surface area contributed by atoms with Crippen molar-refractivity contribution in [2.45, 2.75) is 11.8 Å². The molecule has 0 bridgehead atoms. The molecule has 0 radical (unpaired) electrons. The molecule has 1 aliphatic rings. The average molecular weight is 421 g/mol. The fourth-order valence-corrected chi connectivity index (χ4v) is 4.58. The number of nitrogens with one attached hydrogen (secondary N) is 1. The van der Waals surface area contributed by atoms with Crippen LogP contribution in [0, 0.1) is 17.0 Å². The van der Waals surface area contributed by atoms with Gasteiger partial charge in [-0.1, -0.05) is 17.7 Å². The average Bonchev–Trinajstić information content (AvgIpc) is 2.69. The molecule has 1 N–H and O–H groups in total. The van der Waals surface area contributed by atoms with E-state index in [2.05, 4.69) is 5.32 Å². The molecule has 148 valence electrons. The van der Waals surface area contributed by atoms with Crippen molar-refractivity contribution >= 4 is 38.7 Å². The third-order valence-electron chi connectivity index (χ3n) is 4.51. The molecular weight excluding hydrogens is 400 g/mol. The van der Waals surface area contributed by atoms with Gasteiger partial charge < -0.3 is 10.2 Å². The number of hydrogen-bond acceptors (Lipinski definition) is 5. The van der Waals surface area contributed by atoms with Gasteiger partial charge in [0.25, 0.3) is 5.69 Å². The second-order valence-electron chi connectivity index (χ2n) is 6.44. The van der Waals surface area contributed by atoms with Gasteiger partial charge in [0.05, 0.1) is 9.82 Å². The summed E-state index contributed by atoms with van der Waals surface area (Å²) in [6.45, 7) is 3.50. The smallest absolute Gasteiger partial charge is 0.269 e. The lowest BCUT2D eigenvalue weighted by atomic mass is 10.2. The highest BCUT2D eigenvalue weighted by atomic mass is 32.2. The monoisotopic (exact) mass is 420 g/mol. The van der Waals surface area contributed by atoms with E-state index in [1.54, 1.807) is 36.4 Å². The molecule has 0 amide bonds. The molecule has 3 rings (SSSR count). The van der Waals surface area contributed by atoms with Crippen LogP contribution in [0.25, 0.3) is 0 Å². The van der Waals surface area contributed by atoms with Crippen LogP contribution < -0.4 is 5.32 Å². The fraction of sp³-hybridized carbons (Fsp3) is 0.278. The molecule has 8 nitrogen and oxygen atoms in total. The Balaban J connectivity index is 1.59. The van der Waals surface area contributed by atoms with Gasteiger partial charge in [0.15, 0.2) is 5.11 Å². The summed E-state index contributed by atoms with van der Waals surface area (Å²) in [6.07, 6.45) is 0. The number of hydrogen-bond donors (Lipinski definition) is 1. The van der Waals surface area contributed by atoms with Gasteiger partial charge in [0, 0.05) is 44.0 Å². The molecule has 1 heterocycles. The van der Waals surface area contributed by atoms with Gasteiger partial charge in [0.2, 0.25) is 10.0 Å². The minimum Gasteiger partial charge on any atom is -0.346 e. The van der Waals surface area contributed by atoms with Crippen molar-refractivity contribution in [1.29, 1.82) is 0 Å². The van der Waals surface area contributed by atoms with Crippen molar-refractivity contribution in [3.63, 3.8) is 0 Å². The molecule has 28 heavy (non-hydrogen) atoms. The minimum absolute atomic E-state index is 0.00592. The van der Waals surface area contributed by atoms with Gasteiger partial charge in [-0.25, -0.2) is 8.42 Å². The number of piperazine rings is 1. The third kappa shape index (κ3) is 4.46. The van der Waals surface area contributed by atoms with E-state index in [1.165, 1.54) is 16.4 Å². The van der Waals surface area contributed by atoms with Crippen LogP contribution in [0.15, 0.2) is 53.4 Å². The number of anilines is 1. The Morgan fingerprint density at radius 1 is 1.04 bits per heavy atom. The van der Waals surface area contributed by atoms with Crippen molar-refractivity contribution in [2.24, 2.45) is 0 Å². The number of rotatable bonds is 4.